The number of nitrogens with zero attached hydrogens (tertiary/aromatic N) is 2. The normalized spacial score (nSPS) is 15.3. The van der Waals surface area contributed by atoms with E-state index >= 15 is 0 Å². The summed E-state index contributed by atoms with van der Waals surface area (Å²) < 4.78 is 18.7. The quantitative estimate of drug-likeness (QED) is 0.871. The molecule has 1 fully saturated rings. The lowest BCUT2D eigenvalue weighted by molar-refractivity contribution is -0.120. The average molecular weight is 364 g/mol. The third kappa shape index (κ3) is 4.15. The molecule has 0 saturated carbocycles. The Hall–Kier alpha value is -2.03. The topological polar surface area (TPSA) is 80.5 Å². The number of nitrogens with two attached hydrogens (primary N) is 1. The molecule has 0 unspecified atom stereocenters. The van der Waals surface area contributed by atoms with E-state index in [4.69, 9.17) is 10.5 Å². The SMILES string of the molecule is CC(C)(N)C(=O)Nc1nc(-c2ccc(F)cc2)c(N2CCOCC2)s1. The Morgan fingerprint density at radius 2 is 1.96 bits per heavy atom. The van der Waals surface area contributed by atoms with Gasteiger partial charge in [0.25, 0.3) is 0 Å². The van der Waals surface area contributed by atoms with Crippen molar-refractivity contribution in [1.82, 2.24) is 4.98 Å². The molecule has 1 aromatic heterocycles. The number of anilines is 2. The molecule has 134 valence electrons. The molecule has 1 aromatic carbocycles. The van der Waals surface area contributed by atoms with E-state index in [0.29, 0.717) is 18.3 Å². The lowest BCUT2D eigenvalue weighted by Gasteiger charge is -2.28. The third-order valence-electron chi connectivity index (χ3n) is 3.83. The second kappa shape index (κ2) is 7.07. The minimum absolute atomic E-state index is 0.301. The lowest BCUT2D eigenvalue weighted by Crippen LogP contribution is -2.45. The van der Waals surface area contributed by atoms with Crippen LogP contribution in [0.3, 0.4) is 0 Å². The zero-order chi connectivity index (χ0) is 18.0. The second-order valence-electron chi connectivity index (χ2n) is 6.45. The van der Waals surface area contributed by atoms with Crippen LogP contribution in [0.1, 0.15) is 13.8 Å². The minimum Gasteiger partial charge on any atom is -0.378 e. The Bertz CT molecular complexity index is 749. The maximum Gasteiger partial charge on any atom is 0.245 e. The van der Waals surface area contributed by atoms with Gasteiger partial charge in [0, 0.05) is 18.7 Å². The van der Waals surface area contributed by atoms with Crippen LogP contribution in [0.4, 0.5) is 14.5 Å². The Balaban J connectivity index is 1.96. The van der Waals surface area contributed by atoms with Gasteiger partial charge in [-0.25, -0.2) is 9.37 Å². The molecule has 0 atom stereocenters. The molecule has 0 aliphatic carbocycles. The number of morpholine rings is 1. The first-order valence-electron chi connectivity index (χ1n) is 8.04. The Kier molecular flexibility index (Phi) is 5.03. The summed E-state index contributed by atoms with van der Waals surface area (Å²) in [5.74, 6) is -0.606. The highest BCUT2D eigenvalue weighted by molar-refractivity contribution is 7.20. The fourth-order valence-corrected chi connectivity index (χ4v) is 3.44. The van der Waals surface area contributed by atoms with Crippen molar-refractivity contribution in [2.75, 3.05) is 36.5 Å². The van der Waals surface area contributed by atoms with Crippen LogP contribution >= 0.6 is 11.3 Å². The molecule has 1 amide bonds. The summed E-state index contributed by atoms with van der Waals surface area (Å²) in [5.41, 5.74) is 6.36. The van der Waals surface area contributed by atoms with Gasteiger partial charge in [-0.3, -0.25) is 4.79 Å². The van der Waals surface area contributed by atoms with Crippen molar-refractivity contribution in [3.63, 3.8) is 0 Å². The zero-order valence-electron chi connectivity index (χ0n) is 14.2. The van der Waals surface area contributed by atoms with E-state index in [9.17, 15) is 9.18 Å². The second-order valence-corrected chi connectivity index (χ2v) is 7.43. The summed E-state index contributed by atoms with van der Waals surface area (Å²) in [6.07, 6.45) is 0. The van der Waals surface area contributed by atoms with Crippen molar-refractivity contribution in [3.05, 3.63) is 30.1 Å². The number of ether oxygens (including phenoxy) is 1. The zero-order valence-corrected chi connectivity index (χ0v) is 15.0. The Morgan fingerprint density at radius 3 is 2.56 bits per heavy atom. The van der Waals surface area contributed by atoms with Crippen molar-refractivity contribution >= 4 is 27.4 Å². The van der Waals surface area contributed by atoms with Crippen LogP contribution in [0.5, 0.6) is 0 Å². The van der Waals surface area contributed by atoms with Gasteiger partial charge >= 0.3 is 0 Å². The number of carbonyl (C=O) groups excluding carboxylic acids is 1. The molecule has 0 spiro atoms. The largest absolute Gasteiger partial charge is 0.378 e. The van der Waals surface area contributed by atoms with Crippen LogP contribution in [-0.2, 0) is 9.53 Å². The number of hydrogen-bond acceptors (Lipinski definition) is 6. The number of aromatic nitrogens is 1. The molecule has 2 aromatic rings. The van der Waals surface area contributed by atoms with Gasteiger partial charge in [-0.2, -0.15) is 0 Å². The summed E-state index contributed by atoms with van der Waals surface area (Å²) >= 11 is 1.39. The predicted octanol–water partition coefficient (Wildman–Crippen LogP) is 2.46. The number of rotatable bonds is 4. The molecule has 1 saturated heterocycles. The van der Waals surface area contributed by atoms with Crippen molar-refractivity contribution in [1.29, 1.82) is 0 Å². The van der Waals surface area contributed by atoms with E-state index < -0.39 is 5.54 Å². The van der Waals surface area contributed by atoms with Crippen LogP contribution in [0, 0.1) is 5.82 Å². The van der Waals surface area contributed by atoms with Crippen molar-refractivity contribution < 1.29 is 13.9 Å². The van der Waals surface area contributed by atoms with Crippen molar-refractivity contribution in [3.8, 4) is 11.3 Å². The van der Waals surface area contributed by atoms with Gasteiger partial charge in [0.15, 0.2) is 5.13 Å². The summed E-state index contributed by atoms with van der Waals surface area (Å²) in [4.78, 5) is 18.9. The summed E-state index contributed by atoms with van der Waals surface area (Å²) in [5, 5.41) is 4.18. The monoisotopic (exact) mass is 364 g/mol. The fraction of sp³-hybridized carbons (Fsp3) is 0.412. The van der Waals surface area contributed by atoms with E-state index in [0.717, 1.165) is 29.3 Å². The molecule has 3 rings (SSSR count). The summed E-state index contributed by atoms with van der Waals surface area (Å²) in [7, 11) is 0. The number of carbonyl (C=O) groups is 1. The number of halogens is 1. The third-order valence-corrected chi connectivity index (χ3v) is 4.86. The summed E-state index contributed by atoms with van der Waals surface area (Å²) in [6.45, 7) is 6.04. The maximum absolute atomic E-state index is 13.3. The van der Waals surface area contributed by atoms with Gasteiger partial charge in [0.1, 0.15) is 16.5 Å². The molecule has 3 N–H and O–H groups in total. The number of hydrogen-bond donors (Lipinski definition) is 2. The van der Waals surface area contributed by atoms with Crippen molar-refractivity contribution in [2.45, 2.75) is 19.4 Å². The van der Waals surface area contributed by atoms with E-state index in [2.05, 4.69) is 15.2 Å². The maximum atomic E-state index is 13.3. The van der Waals surface area contributed by atoms with Crippen LogP contribution in [0.15, 0.2) is 24.3 Å². The van der Waals surface area contributed by atoms with E-state index in [1.54, 1.807) is 26.0 Å². The molecule has 6 nitrogen and oxygen atoms in total. The van der Waals surface area contributed by atoms with Gasteiger partial charge in [0.05, 0.1) is 18.8 Å². The highest BCUT2D eigenvalue weighted by Crippen LogP contribution is 2.39. The first-order valence-corrected chi connectivity index (χ1v) is 8.86. The van der Waals surface area contributed by atoms with Crippen LogP contribution < -0.4 is 16.0 Å². The Morgan fingerprint density at radius 1 is 1.32 bits per heavy atom. The van der Waals surface area contributed by atoms with Crippen LogP contribution in [0.25, 0.3) is 11.3 Å². The molecule has 0 bridgehead atoms. The Labute approximate surface area is 149 Å². The molecule has 25 heavy (non-hydrogen) atoms. The molecule has 0 radical (unpaired) electrons. The van der Waals surface area contributed by atoms with Gasteiger partial charge in [-0.05, 0) is 38.1 Å². The lowest BCUT2D eigenvalue weighted by atomic mass is 10.1. The van der Waals surface area contributed by atoms with Gasteiger partial charge < -0.3 is 20.7 Å². The van der Waals surface area contributed by atoms with E-state index in [-0.39, 0.29) is 11.7 Å². The average Bonchev–Trinajstić information content (AvgIpc) is 2.99. The molecule has 8 heteroatoms. The molecular formula is C17H21FN4O2S. The number of thiazole rings is 1. The molecule has 1 aliphatic heterocycles. The number of nitrogens with one attached hydrogen (secondary N) is 1. The first kappa shape index (κ1) is 17.8. The van der Waals surface area contributed by atoms with E-state index in [1.165, 1.54) is 23.5 Å². The van der Waals surface area contributed by atoms with E-state index in [1.807, 2.05) is 0 Å². The minimum atomic E-state index is -0.999. The number of amides is 1. The highest BCUT2D eigenvalue weighted by Gasteiger charge is 2.26. The van der Waals surface area contributed by atoms with Crippen LogP contribution in [0.2, 0.25) is 0 Å². The van der Waals surface area contributed by atoms with Gasteiger partial charge in [-0.15, -0.1) is 0 Å². The number of benzene rings is 1. The van der Waals surface area contributed by atoms with Crippen LogP contribution in [-0.4, -0.2) is 42.7 Å². The smallest absolute Gasteiger partial charge is 0.245 e. The standard InChI is InChI=1S/C17H21FN4O2S/c1-17(2,19)15(23)21-16-20-13(11-3-5-12(18)6-4-11)14(25-16)22-7-9-24-10-8-22/h3-6H,7-10,19H2,1-2H3,(H,20,21,23). The van der Waals surface area contributed by atoms with Gasteiger partial charge in [0.2, 0.25) is 5.91 Å². The van der Waals surface area contributed by atoms with Gasteiger partial charge in [-0.1, -0.05) is 11.3 Å². The predicted molar refractivity (Wildman–Crippen MR) is 97.4 cm³/mol. The first-order chi connectivity index (χ1) is 11.8. The fourth-order valence-electron chi connectivity index (χ4n) is 2.40. The molecule has 2 heterocycles. The summed E-state index contributed by atoms with van der Waals surface area (Å²) in [6, 6.07) is 6.18. The molecular weight excluding hydrogens is 343 g/mol. The van der Waals surface area contributed by atoms with Crippen molar-refractivity contribution in [2.24, 2.45) is 5.73 Å². The highest BCUT2D eigenvalue weighted by atomic mass is 32.1. The molecule has 1 aliphatic rings.